The molecule has 1 aromatic heterocycles. The summed E-state index contributed by atoms with van der Waals surface area (Å²) in [6, 6.07) is 0. The van der Waals surface area contributed by atoms with E-state index in [4.69, 9.17) is 5.73 Å². The zero-order chi connectivity index (χ0) is 5.82. The number of imidazole rings is 1. The SMILES string of the molecule is NCCn1ccnc1.[Au]. The quantitative estimate of drug-likeness (QED) is 0.772. The second-order valence-electron chi connectivity index (χ2n) is 1.59. The molecule has 0 saturated carbocycles. The fourth-order valence-electron chi connectivity index (χ4n) is 0.568. The van der Waals surface area contributed by atoms with Gasteiger partial charge in [0.1, 0.15) is 0 Å². The molecule has 55 valence electrons. The van der Waals surface area contributed by atoms with Gasteiger partial charge in [0, 0.05) is 47.9 Å². The van der Waals surface area contributed by atoms with Crippen molar-refractivity contribution in [3.63, 3.8) is 0 Å². The third kappa shape index (κ3) is 2.81. The molecule has 0 aliphatic rings. The van der Waals surface area contributed by atoms with Gasteiger partial charge < -0.3 is 10.3 Å². The van der Waals surface area contributed by atoms with Gasteiger partial charge in [-0.05, 0) is 0 Å². The fourth-order valence-corrected chi connectivity index (χ4v) is 0.568. The third-order valence-corrected chi connectivity index (χ3v) is 0.946. The van der Waals surface area contributed by atoms with Gasteiger partial charge in [-0.3, -0.25) is 0 Å². The molecule has 0 amide bonds. The second-order valence-corrected chi connectivity index (χ2v) is 1.59. The monoisotopic (exact) mass is 308 g/mol. The summed E-state index contributed by atoms with van der Waals surface area (Å²) in [5.74, 6) is 0. The van der Waals surface area contributed by atoms with Crippen LogP contribution in [0.15, 0.2) is 18.7 Å². The maximum absolute atomic E-state index is 5.27. The van der Waals surface area contributed by atoms with Gasteiger partial charge in [0.15, 0.2) is 0 Å². The molecule has 0 unspecified atom stereocenters. The summed E-state index contributed by atoms with van der Waals surface area (Å²) in [7, 11) is 0. The summed E-state index contributed by atoms with van der Waals surface area (Å²) >= 11 is 0. The maximum Gasteiger partial charge on any atom is 0.0946 e. The first-order valence-electron chi connectivity index (χ1n) is 2.59. The molecule has 1 rings (SSSR count). The van der Waals surface area contributed by atoms with Crippen LogP contribution in [0.4, 0.5) is 0 Å². The second kappa shape index (κ2) is 4.76. The van der Waals surface area contributed by atoms with Gasteiger partial charge in [0.05, 0.1) is 6.33 Å². The molecule has 2 N–H and O–H groups in total. The van der Waals surface area contributed by atoms with Crippen molar-refractivity contribution in [1.29, 1.82) is 0 Å². The molecule has 4 heteroatoms. The average Bonchev–Trinajstić information content (AvgIpc) is 2.19. The molecular weight excluding hydrogens is 299 g/mol. The van der Waals surface area contributed by atoms with Gasteiger partial charge in [-0.1, -0.05) is 0 Å². The van der Waals surface area contributed by atoms with E-state index < -0.39 is 0 Å². The number of aromatic nitrogens is 2. The van der Waals surface area contributed by atoms with Crippen molar-refractivity contribution < 1.29 is 22.4 Å². The van der Waals surface area contributed by atoms with E-state index in [1.807, 2.05) is 10.8 Å². The molecule has 0 spiro atoms. The van der Waals surface area contributed by atoms with E-state index in [0.29, 0.717) is 6.54 Å². The Hall–Kier alpha value is -0.0897. The van der Waals surface area contributed by atoms with Crippen LogP contribution in [-0.2, 0) is 28.9 Å². The van der Waals surface area contributed by atoms with Crippen molar-refractivity contribution in [1.82, 2.24) is 9.55 Å². The Kier molecular flexibility index (Phi) is 4.71. The maximum atomic E-state index is 5.27. The van der Waals surface area contributed by atoms with Crippen molar-refractivity contribution in [2.45, 2.75) is 6.54 Å². The zero-order valence-electron chi connectivity index (χ0n) is 4.92. The van der Waals surface area contributed by atoms with E-state index in [1.54, 1.807) is 12.5 Å². The standard InChI is InChI=1S/C5H9N3.Au/c6-1-3-8-4-2-7-5-8;/h2,4-5H,1,3,6H2;. The van der Waals surface area contributed by atoms with Crippen molar-refractivity contribution in [2.24, 2.45) is 5.73 Å². The van der Waals surface area contributed by atoms with Gasteiger partial charge in [-0.2, -0.15) is 0 Å². The zero-order valence-corrected chi connectivity index (χ0v) is 7.09. The molecule has 0 fully saturated rings. The molecule has 3 nitrogen and oxygen atoms in total. The van der Waals surface area contributed by atoms with Crippen LogP contribution in [0.5, 0.6) is 0 Å². The Bertz CT molecular complexity index is 138. The Labute approximate surface area is 69.8 Å². The minimum atomic E-state index is 0. The third-order valence-electron chi connectivity index (χ3n) is 0.946. The molecule has 1 heterocycles. The number of nitrogens with zero attached hydrogens (tertiary/aromatic N) is 2. The molecule has 0 aromatic carbocycles. The topological polar surface area (TPSA) is 43.8 Å². The Morgan fingerprint density at radius 2 is 2.33 bits per heavy atom. The number of rotatable bonds is 2. The van der Waals surface area contributed by atoms with E-state index in [0.717, 1.165) is 6.54 Å². The van der Waals surface area contributed by atoms with Crippen LogP contribution in [0, 0.1) is 0 Å². The van der Waals surface area contributed by atoms with Gasteiger partial charge in [0.2, 0.25) is 0 Å². The normalized spacial score (nSPS) is 8.56. The van der Waals surface area contributed by atoms with Crippen LogP contribution in [0.25, 0.3) is 0 Å². The summed E-state index contributed by atoms with van der Waals surface area (Å²) in [5, 5.41) is 0. The first-order valence-corrected chi connectivity index (χ1v) is 2.59. The molecule has 0 aliphatic heterocycles. The number of hydrogen-bond donors (Lipinski definition) is 1. The molecule has 0 bridgehead atoms. The first-order chi connectivity index (χ1) is 3.93. The molecule has 0 aliphatic carbocycles. The van der Waals surface area contributed by atoms with Gasteiger partial charge in [-0.15, -0.1) is 0 Å². The number of hydrogen-bond acceptors (Lipinski definition) is 2. The van der Waals surface area contributed by atoms with Crippen molar-refractivity contribution >= 4 is 0 Å². The van der Waals surface area contributed by atoms with Gasteiger partial charge >= 0.3 is 0 Å². The minimum Gasteiger partial charge on any atom is -0.336 e. The molecule has 0 saturated heterocycles. The minimum absolute atomic E-state index is 0. The summed E-state index contributed by atoms with van der Waals surface area (Å²) in [6.07, 6.45) is 5.40. The smallest absolute Gasteiger partial charge is 0.0946 e. The van der Waals surface area contributed by atoms with E-state index in [1.165, 1.54) is 0 Å². The van der Waals surface area contributed by atoms with E-state index >= 15 is 0 Å². The molecular formula is C5H9AuN3. The largest absolute Gasteiger partial charge is 0.336 e. The predicted octanol–water partition coefficient (Wildman–Crippen LogP) is -0.161. The summed E-state index contributed by atoms with van der Waals surface area (Å²) in [5.41, 5.74) is 5.27. The number of nitrogens with two attached hydrogens (primary N) is 1. The van der Waals surface area contributed by atoms with Crippen molar-refractivity contribution in [2.75, 3.05) is 6.54 Å². The predicted molar refractivity (Wildman–Crippen MR) is 31.3 cm³/mol. The molecule has 0 atom stereocenters. The summed E-state index contributed by atoms with van der Waals surface area (Å²) in [6.45, 7) is 1.54. The van der Waals surface area contributed by atoms with Crippen LogP contribution in [0.3, 0.4) is 0 Å². The summed E-state index contributed by atoms with van der Waals surface area (Å²) < 4.78 is 1.94. The molecule has 1 aromatic rings. The average molecular weight is 308 g/mol. The van der Waals surface area contributed by atoms with Crippen LogP contribution < -0.4 is 5.73 Å². The Morgan fingerprint density at radius 3 is 2.78 bits per heavy atom. The van der Waals surface area contributed by atoms with Gasteiger partial charge in [0.25, 0.3) is 0 Å². The van der Waals surface area contributed by atoms with Crippen LogP contribution in [-0.4, -0.2) is 16.1 Å². The van der Waals surface area contributed by atoms with Crippen LogP contribution >= 0.6 is 0 Å². The first kappa shape index (κ1) is 8.91. The Morgan fingerprint density at radius 1 is 1.56 bits per heavy atom. The molecule has 1 radical (unpaired) electrons. The van der Waals surface area contributed by atoms with Gasteiger partial charge in [-0.25, -0.2) is 4.98 Å². The van der Waals surface area contributed by atoms with E-state index in [2.05, 4.69) is 4.98 Å². The molecule has 9 heavy (non-hydrogen) atoms. The van der Waals surface area contributed by atoms with E-state index in [9.17, 15) is 0 Å². The summed E-state index contributed by atoms with van der Waals surface area (Å²) in [4.78, 5) is 3.85. The van der Waals surface area contributed by atoms with Crippen molar-refractivity contribution in [3.8, 4) is 0 Å². The van der Waals surface area contributed by atoms with E-state index in [-0.39, 0.29) is 22.4 Å². The van der Waals surface area contributed by atoms with Crippen molar-refractivity contribution in [3.05, 3.63) is 18.7 Å². The Balaban J connectivity index is 0.000000640. The van der Waals surface area contributed by atoms with Crippen LogP contribution in [0.2, 0.25) is 0 Å². The fraction of sp³-hybridized carbons (Fsp3) is 0.400. The van der Waals surface area contributed by atoms with Crippen LogP contribution in [0.1, 0.15) is 0 Å².